The van der Waals surface area contributed by atoms with Gasteiger partial charge in [-0.05, 0) is 0 Å². The molecule has 0 aromatic carbocycles. The largest absolute Gasteiger partial charge is 0.412 e. The standard InChI is InChI=1S/3CH4O.H2O/c3*1-2;/h3*2H,1H3;1H2. The van der Waals surface area contributed by atoms with Crippen LogP contribution in [0.4, 0.5) is 0 Å². The maximum atomic E-state index is 7.00. The van der Waals surface area contributed by atoms with Gasteiger partial charge in [-0.3, -0.25) is 0 Å². The van der Waals surface area contributed by atoms with Crippen LogP contribution in [0.25, 0.3) is 0 Å². The first-order valence-electron chi connectivity index (χ1n) is 1.34. The highest BCUT2D eigenvalue weighted by Crippen LogP contribution is 0.759. The Kier molecular flexibility index (Phi) is 22100. The van der Waals surface area contributed by atoms with Crippen molar-refractivity contribution in [3.05, 3.63) is 0 Å². The lowest BCUT2D eigenvalue weighted by Crippen LogP contribution is -1.25. The van der Waals surface area contributed by atoms with E-state index in [1.54, 1.807) is 0 Å². The van der Waals surface area contributed by atoms with E-state index in [0.717, 1.165) is 21.3 Å². The molecule has 0 saturated heterocycles. The summed E-state index contributed by atoms with van der Waals surface area (Å²) in [6.45, 7) is 0. The molecule has 0 aliphatic carbocycles. The van der Waals surface area contributed by atoms with Gasteiger partial charge in [0.05, 0.1) is 0 Å². The van der Waals surface area contributed by atoms with Crippen molar-refractivity contribution in [1.29, 1.82) is 0 Å². The summed E-state index contributed by atoms with van der Waals surface area (Å²) >= 11 is 0. The van der Waals surface area contributed by atoms with E-state index in [1.165, 1.54) is 0 Å². The van der Waals surface area contributed by atoms with E-state index in [1.807, 2.05) is 0 Å². The van der Waals surface area contributed by atoms with Crippen LogP contribution in [0.2, 0.25) is 0 Å². The van der Waals surface area contributed by atoms with Crippen molar-refractivity contribution in [3.63, 3.8) is 0 Å². The van der Waals surface area contributed by atoms with Crippen LogP contribution in [0.5, 0.6) is 0 Å². The van der Waals surface area contributed by atoms with Crippen LogP contribution in [0.3, 0.4) is 0 Å². The molecule has 0 aromatic heterocycles. The Bertz CT molecular complexity index is 6.90. The van der Waals surface area contributed by atoms with Crippen LogP contribution in [-0.2, 0) is 0 Å². The Morgan fingerprint density at radius 3 is 0.571 bits per heavy atom. The van der Waals surface area contributed by atoms with Gasteiger partial charge in [-0.15, -0.1) is 0 Å². The lowest BCUT2D eigenvalue weighted by atomic mass is 11.8. The minimum Gasteiger partial charge on any atom is -0.412 e. The molecule has 0 spiro atoms. The zero-order valence-electron chi connectivity index (χ0n) is 4.84. The molecule has 0 heterocycles. The molecule has 0 aliphatic heterocycles. The van der Waals surface area contributed by atoms with Gasteiger partial charge < -0.3 is 20.8 Å². The summed E-state index contributed by atoms with van der Waals surface area (Å²) in [5.74, 6) is 0. The fourth-order valence-corrected chi connectivity index (χ4v) is 0. The molecule has 0 aromatic rings. The number of aliphatic hydroxyl groups excluding tert-OH is 3. The molecule has 5 N–H and O–H groups in total. The Balaban J connectivity index is -0.00000000900. The molecule has 0 aliphatic rings. The molecular formula is C3H14O4. The molecule has 0 unspecified atom stereocenters. The van der Waals surface area contributed by atoms with Gasteiger partial charge in [-0.25, -0.2) is 0 Å². The SMILES string of the molecule is CO.CO.CO.O. The summed E-state index contributed by atoms with van der Waals surface area (Å²) in [6, 6.07) is 0. The van der Waals surface area contributed by atoms with E-state index in [2.05, 4.69) is 0 Å². The highest BCUT2D eigenvalue weighted by atomic mass is 16.2. The summed E-state index contributed by atoms with van der Waals surface area (Å²) in [6.07, 6.45) is 0. The van der Waals surface area contributed by atoms with Gasteiger partial charge in [0.1, 0.15) is 0 Å². The number of aliphatic hydroxyl groups is 3. The second-order valence-corrected chi connectivity index (χ2v) is 0. The highest BCUT2D eigenvalue weighted by molar-refractivity contribution is 3.18. The topological polar surface area (TPSA) is 92.2 Å². The first kappa shape index (κ1) is 28.9. The van der Waals surface area contributed by atoms with Crippen molar-refractivity contribution < 1.29 is 20.8 Å². The van der Waals surface area contributed by atoms with Crippen LogP contribution >= 0.6 is 0 Å². The van der Waals surface area contributed by atoms with E-state index in [9.17, 15) is 0 Å². The molecule has 0 saturated carbocycles. The molecule has 0 fully saturated rings. The van der Waals surface area contributed by atoms with Gasteiger partial charge in [-0.1, -0.05) is 0 Å². The van der Waals surface area contributed by atoms with Gasteiger partial charge in [0, 0.05) is 21.3 Å². The molecular weight excluding hydrogens is 100 g/mol. The van der Waals surface area contributed by atoms with Crippen LogP contribution in [0.1, 0.15) is 0 Å². The second kappa shape index (κ2) is 5340. The van der Waals surface area contributed by atoms with E-state index >= 15 is 0 Å². The van der Waals surface area contributed by atoms with Crippen LogP contribution in [0, 0.1) is 0 Å². The fourth-order valence-electron chi connectivity index (χ4n) is 0. The zero-order chi connectivity index (χ0) is 6.00. The Labute approximate surface area is 43.3 Å². The lowest BCUT2D eigenvalue weighted by Gasteiger charge is -1.21. The van der Waals surface area contributed by atoms with Crippen LogP contribution < -0.4 is 0 Å². The Morgan fingerprint density at radius 2 is 0.571 bits per heavy atom. The van der Waals surface area contributed by atoms with Crippen molar-refractivity contribution in [3.8, 4) is 0 Å². The first-order chi connectivity index (χ1) is 3.00. The lowest BCUT2D eigenvalue weighted by molar-refractivity contribution is 0.399. The number of hydrogen-bond donors (Lipinski definition) is 3. The van der Waals surface area contributed by atoms with Crippen LogP contribution in [-0.4, -0.2) is 42.1 Å². The first-order valence-corrected chi connectivity index (χ1v) is 1.34. The molecule has 0 amide bonds. The maximum Gasteiger partial charge on any atom is 0.0319 e. The van der Waals surface area contributed by atoms with Gasteiger partial charge in [0.15, 0.2) is 0 Å². The summed E-state index contributed by atoms with van der Waals surface area (Å²) in [5, 5.41) is 21.0. The molecule has 50 valence electrons. The van der Waals surface area contributed by atoms with Crippen molar-refractivity contribution in [2.75, 3.05) is 21.3 Å². The summed E-state index contributed by atoms with van der Waals surface area (Å²) in [4.78, 5) is 0. The van der Waals surface area contributed by atoms with Gasteiger partial charge in [0.25, 0.3) is 0 Å². The van der Waals surface area contributed by atoms with Crippen molar-refractivity contribution >= 4 is 0 Å². The third-order valence-electron chi connectivity index (χ3n) is 0. The minimum absolute atomic E-state index is 0. The van der Waals surface area contributed by atoms with Gasteiger partial charge in [0.2, 0.25) is 0 Å². The molecule has 0 radical (unpaired) electrons. The summed E-state index contributed by atoms with van der Waals surface area (Å²) in [7, 11) is 3.00. The van der Waals surface area contributed by atoms with Crippen molar-refractivity contribution in [2.45, 2.75) is 0 Å². The van der Waals surface area contributed by atoms with Crippen molar-refractivity contribution in [1.82, 2.24) is 0 Å². The number of rotatable bonds is 0. The third-order valence-corrected chi connectivity index (χ3v) is 0. The Hall–Kier alpha value is -0.160. The molecule has 0 bridgehead atoms. The second-order valence-electron chi connectivity index (χ2n) is 0. The van der Waals surface area contributed by atoms with Gasteiger partial charge >= 0.3 is 0 Å². The number of hydrogen-bond acceptors (Lipinski definition) is 3. The average molecular weight is 114 g/mol. The Morgan fingerprint density at radius 1 is 0.571 bits per heavy atom. The van der Waals surface area contributed by atoms with E-state index < -0.39 is 0 Å². The molecule has 0 atom stereocenters. The third kappa shape index (κ3) is 3360. The molecule has 4 heteroatoms. The highest BCUT2D eigenvalue weighted by Gasteiger charge is 0.843. The zero-order valence-corrected chi connectivity index (χ0v) is 4.84. The quantitative estimate of drug-likeness (QED) is 0.340. The molecule has 0 rings (SSSR count). The fraction of sp³-hybridized carbons (Fsp3) is 1.00. The van der Waals surface area contributed by atoms with E-state index in [-0.39, 0.29) is 5.48 Å². The van der Waals surface area contributed by atoms with E-state index in [0.29, 0.717) is 0 Å². The van der Waals surface area contributed by atoms with Crippen molar-refractivity contribution in [2.24, 2.45) is 0 Å². The normalized spacial score (nSPS) is 2.57. The van der Waals surface area contributed by atoms with Gasteiger partial charge in [-0.2, -0.15) is 0 Å². The molecule has 4 nitrogen and oxygen atoms in total. The minimum atomic E-state index is 0. The monoisotopic (exact) mass is 114 g/mol. The molecule has 7 heavy (non-hydrogen) atoms. The maximum absolute atomic E-state index is 7.00. The predicted molar refractivity (Wildman–Crippen MR) is 28.0 cm³/mol. The summed E-state index contributed by atoms with van der Waals surface area (Å²) in [5.41, 5.74) is 0. The van der Waals surface area contributed by atoms with E-state index in [4.69, 9.17) is 15.3 Å². The predicted octanol–water partition coefficient (Wildman–Crippen LogP) is -2.00. The average Bonchev–Trinajstić information content (AvgIpc) is 1.81. The smallest absolute Gasteiger partial charge is 0.0319 e. The summed E-state index contributed by atoms with van der Waals surface area (Å²) < 4.78 is 0. The van der Waals surface area contributed by atoms with Crippen LogP contribution in [0.15, 0.2) is 0 Å².